The molecular weight excluding hydrogens is 490 g/mol. The van der Waals surface area contributed by atoms with Crippen LogP contribution in [0.3, 0.4) is 0 Å². The highest BCUT2D eigenvalue weighted by atomic mass is 16.5. The van der Waals surface area contributed by atoms with Crippen molar-refractivity contribution in [3.8, 4) is 11.1 Å². The summed E-state index contributed by atoms with van der Waals surface area (Å²) in [6.07, 6.45) is 13.9. The standard InChI is InChI=1S/C30H34N7O2/c1-5-35(4)30-21(3)28(22-11-15-36(16-12-22)27(38)13-17-39-6-2)34-29-25(20-33-37(29)30)23-9-10-26(32-19-23)24-8-7-14-31-18-24/h6-7,9-10,14,18-20,22,24H,1-2,8,11-13,15-17H2,3-4H3/q+1. The molecule has 2 aliphatic rings. The molecule has 200 valence electrons. The van der Waals surface area contributed by atoms with E-state index in [0.29, 0.717) is 26.1 Å². The molecule has 0 radical (unpaired) electrons. The molecule has 9 nitrogen and oxygen atoms in total. The molecule has 0 bridgehead atoms. The topological polar surface area (TPSA) is 88.0 Å². The fourth-order valence-electron chi connectivity index (χ4n) is 5.40. The first-order valence-electron chi connectivity index (χ1n) is 13.3. The second kappa shape index (κ2) is 11.6. The van der Waals surface area contributed by atoms with Gasteiger partial charge in [-0.2, -0.15) is 4.58 Å². The molecule has 1 amide bonds. The Balaban J connectivity index is 1.46. The number of carbonyl (C=O) groups excluding carboxylic acids is 1. The predicted molar refractivity (Wildman–Crippen MR) is 152 cm³/mol. The molecule has 3 aromatic rings. The number of piperidine rings is 1. The number of ether oxygens (including phenoxy) is 1. The number of rotatable bonds is 8. The van der Waals surface area contributed by atoms with E-state index in [0.717, 1.165) is 58.8 Å². The van der Waals surface area contributed by atoms with Crippen molar-refractivity contribution in [1.82, 2.24) is 24.5 Å². The van der Waals surface area contributed by atoms with E-state index in [9.17, 15) is 4.79 Å². The van der Waals surface area contributed by atoms with Gasteiger partial charge in [0.05, 0.1) is 55.2 Å². The highest BCUT2D eigenvalue weighted by molar-refractivity contribution is 5.78. The molecule has 5 heterocycles. The maximum atomic E-state index is 12.6. The largest absolute Gasteiger partial charge is 0.501 e. The van der Waals surface area contributed by atoms with Crippen molar-refractivity contribution in [2.24, 2.45) is 4.99 Å². The molecule has 0 aliphatic carbocycles. The zero-order chi connectivity index (χ0) is 27.4. The Bertz CT molecular complexity index is 1490. The minimum absolute atomic E-state index is 0.113. The zero-order valence-electron chi connectivity index (χ0n) is 22.6. The van der Waals surface area contributed by atoms with Crippen molar-refractivity contribution in [2.75, 3.05) is 26.7 Å². The smallest absolute Gasteiger partial charge is 0.321 e. The number of amides is 1. The first-order valence-corrected chi connectivity index (χ1v) is 13.3. The van der Waals surface area contributed by atoms with Gasteiger partial charge in [-0.25, -0.2) is 4.98 Å². The first-order chi connectivity index (χ1) is 19.0. The number of nitrogens with zero attached hydrogens (tertiary/aromatic N) is 7. The Kier molecular flexibility index (Phi) is 7.79. The number of pyridine rings is 1. The van der Waals surface area contributed by atoms with Gasteiger partial charge in [0, 0.05) is 54.8 Å². The van der Waals surface area contributed by atoms with E-state index < -0.39 is 0 Å². The van der Waals surface area contributed by atoms with Crippen LogP contribution in [-0.4, -0.2) is 73.8 Å². The van der Waals surface area contributed by atoms with E-state index in [1.165, 1.54) is 6.26 Å². The van der Waals surface area contributed by atoms with E-state index in [1.54, 1.807) is 0 Å². The predicted octanol–water partition coefficient (Wildman–Crippen LogP) is 4.56. The van der Waals surface area contributed by atoms with Crippen LogP contribution in [0.2, 0.25) is 0 Å². The quantitative estimate of drug-likeness (QED) is 0.187. The lowest BCUT2D eigenvalue weighted by Crippen LogP contribution is -2.38. The number of hydrogen-bond donors (Lipinski definition) is 0. The number of likely N-dealkylation sites (tertiary alicyclic amines) is 1. The van der Waals surface area contributed by atoms with Crippen LogP contribution < -0.4 is 0 Å². The average Bonchev–Trinajstić information content (AvgIpc) is 3.40. The summed E-state index contributed by atoms with van der Waals surface area (Å²) in [6.45, 7) is 11.2. The third-order valence-electron chi connectivity index (χ3n) is 7.56. The van der Waals surface area contributed by atoms with Crippen molar-refractivity contribution in [2.45, 2.75) is 44.4 Å². The van der Waals surface area contributed by atoms with Crippen LogP contribution in [0.4, 0.5) is 5.82 Å². The van der Waals surface area contributed by atoms with Crippen molar-refractivity contribution in [3.63, 3.8) is 0 Å². The SMILES string of the molecule is C=C=[N+](C)c1c(C)c(C2CCN(C(=O)CCOC=C)CC2)nc2c(-c3ccc(C4C=NC=CC4)nc3)cnn12. The second-order valence-electron chi connectivity index (χ2n) is 9.90. The highest BCUT2D eigenvalue weighted by Crippen LogP contribution is 2.35. The summed E-state index contributed by atoms with van der Waals surface area (Å²) in [7, 11) is 1.92. The van der Waals surface area contributed by atoms with Crippen LogP contribution in [0, 0.1) is 6.92 Å². The third kappa shape index (κ3) is 5.31. The van der Waals surface area contributed by atoms with Crippen molar-refractivity contribution in [1.29, 1.82) is 0 Å². The summed E-state index contributed by atoms with van der Waals surface area (Å²) in [5, 5.41) is 4.71. The maximum Gasteiger partial charge on any atom is 0.321 e. The summed E-state index contributed by atoms with van der Waals surface area (Å²) < 4.78 is 8.85. The third-order valence-corrected chi connectivity index (χ3v) is 7.56. The van der Waals surface area contributed by atoms with Crippen molar-refractivity contribution >= 4 is 29.5 Å². The van der Waals surface area contributed by atoms with Gasteiger partial charge in [-0.15, -0.1) is 0 Å². The molecular formula is C30H34N7O2+. The molecule has 3 aromatic heterocycles. The number of allylic oxidation sites excluding steroid dienone is 1. The molecule has 2 aliphatic heterocycles. The van der Waals surface area contributed by atoms with Gasteiger partial charge in [0.2, 0.25) is 5.91 Å². The monoisotopic (exact) mass is 524 g/mol. The summed E-state index contributed by atoms with van der Waals surface area (Å²) in [4.78, 5) is 28.7. The summed E-state index contributed by atoms with van der Waals surface area (Å²) in [5.74, 6) is 4.38. The van der Waals surface area contributed by atoms with Gasteiger partial charge in [0.15, 0.2) is 0 Å². The Labute approximate surface area is 228 Å². The van der Waals surface area contributed by atoms with Crippen LogP contribution in [0.25, 0.3) is 16.8 Å². The van der Waals surface area contributed by atoms with Gasteiger partial charge in [-0.1, -0.05) is 28.3 Å². The van der Waals surface area contributed by atoms with Gasteiger partial charge in [-0.05, 0) is 38.8 Å². The molecule has 1 unspecified atom stereocenters. The molecule has 1 saturated heterocycles. The van der Waals surface area contributed by atoms with Crippen LogP contribution in [0.1, 0.15) is 54.5 Å². The number of carbonyl (C=O) groups is 1. The zero-order valence-corrected chi connectivity index (χ0v) is 22.6. The molecule has 0 spiro atoms. The van der Waals surface area contributed by atoms with Crippen LogP contribution >= 0.6 is 0 Å². The highest BCUT2D eigenvalue weighted by Gasteiger charge is 2.31. The van der Waals surface area contributed by atoms with Gasteiger partial charge >= 0.3 is 5.82 Å². The van der Waals surface area contributed by atoms with E-state index in [2.05, 4.69) is 49.2 Å². The summed E-state index contributed by atoms with van der Waals surface area (Å²) >= 11 is 0. The summed E-state index contributed by atoms with van der Waals surface area (Å²) in [6, 6.07) is 4.14. The van der Waals surface area contributed by atoms with Gasteiger partial charge in [0.1, 0.15) is 0 Å². The van der Waals surface area contributed by atoms with E-state index in [-0.39, 0.29) is 17.7 Å². The Morgan fingerprint density at radius 2 is 2.10 bits per heavy atom. The number of aliphatic imine (C=N–C) groups is 1. The maximum absolute atomic E-state index is 12.6. The molecule has 9 heteroatoms. The molecule has 0 aromatic carbocycles. The Morgan fingerprint density at radius 3 is 2.77 bits per heavy atom. The van der Waals surface area contributed by atoms with Gasteiger partial charge < -0.3 is 9.64 Å². The molecule has 39 heavy (non-hydrogen) atoms. The second-order valence-corrected chi connectivity index (χ2v) is 9.90. The van der Waals surface area contributed by atoms with Gasteiger partial charge in [-0.3, -0.25) is 14.8 Å². The number of hydrogen-bond acceptors (Lipinski definition) is 6. The Hall–Kier alpha value is -4.36. The number of fused-ring (bicyclic) bond motifs is 1. The molecule has 0 saturated carbocycles. The normalized spacial score (nSPS) is 17.3. The minimum atomic E-state index is 0.113. The molecule has 1 fully saturated rings. The lowest BCUT2D eigenvalue weighted by Gasteiger charge is -2.32. The fourth-order valence-corrected chi connectivity index (χ4v) is 5.40. The molecule has 1 atom stereocenters. The van der Waals surface area contributed by atoms with Crippen LogP contribution in [0.15, 0.2) is 61.2 Å². The first kappa shape index (κ1) is 26.3. The van der Waals surface area contributed by atoms with Gasteiger partial charge in [0.25, 0.3) is 5.65 Å². The Morgan fingerprint density at radius 1 is 1.28 bits per heavy atom. The number of aromatic nitrogens is 4. The molecule has 0 N–H and O–H groups in total. The van der Waals surface area contributed by atoms with E-state index in [1.807, 2.05) is 45.8 Å². The van der Waals surface area contributed by atoms with Crippen LogP contribution in [-0.2, 0) is 9.53 Å². The molecule has 5 rings (SSSR count). The fraction of sp³-hybridized carbons (Fsp3) is 0.367. The average molecular weight is 525 g/mol. The van der Waals surface area contributed by atoms with E-state index in [4.69, 9.17) is 19.8 Å². The van der Waals surface area contributed by atoms with Crippen molar-refractivity contribution < 1.29 is 14.1 Å². The minimum Gasteiger partial charge on any atom is -0.501 e. The summed E-state index contributed by atoms with van der Waals surface area (Å²) in [5.41, 5.74) is 5.70. The lowest BCUT2D eigenvalue weighted by atomic mass is 9.90. The van der Waals surface area contributed by atoms with E-state index >= 15 is 0 Å². The van der Waals surface area contributed by atoms with Crippen molar-refractivity contribution in [3.05, 3.63) is 73.2 Å². The van der Waals surface area contributed by atoms with Crippen LogP contribution in [0.5, 0.6) is 0 Å². The lowest BCUT2D eigenvalue weighted by molar-refractivity contribution is -0.403.